The van der Waals surface area contributed by atoms with Crippen LogP contribution in [0.1, 0.15) is 6.92 Å². The fourth-order valence-corrected chi connectivity index (χ4v) is 4.76. The van der Waals surface area contributed by atoms with Crippen LogP contribution in [0.5, 0.6) is 0 Å². The first-order valence-corrected chi connectivity index (χ1v) is 11.9. The molecule has 0 saturated heterocycles. The number of benzene rings is 3. The third-order valence-electron chi connectivity index (χ3n) is 5.10. The average molecular weight is 507 g/mol. The Balaban J connectivity index is 1.30. The van der Waals surface area contributed by atoms with Gasteiger partial charge in [0.05, 0.1) is 5.75 Å². The Bertz CT molecular complexity index is 1440. The Hall–Kier alpha value is -3.10. The van der Waals surface area contributed by atoms with Crippen LogP contribution in [0.2, 0.25) is 0 Å². The molecule has 0 aliphatic carbocycles. The molecule has 32 heavy (non-hydrogen) atoms. The molecule has 2 aromatic heterocycles. The molecule has 0 aliphatic heterocycles. The molecule has 0 radical (unpaired) electrons. The van der Waals surface area contributed by atoms with Gasteiger partial charge in [-0.2, -0.15) is 0 Å². The fraction of sp³-hybridized carbons (Fsp3) is 0.125. The molecule has 1 amide bonds. The molecule has 0 saturated carbocycles. The molecule has 0 atom stereocenters. The molecule has 0 spiro atoms. The summed E-state index contributed by atoms with van der Waals surface area (Å²) in [6, 6.07) is 21.8. The number of carbonyl (C=O) groups is 1. The van der Waals surface area contributed by atoms with E-state index in [0.717, 1.165) is 31.9 Å². The number of nitrogens with zero attached hydrogens (tertiary/aromatic N) is 3. The predicted octanol–water partition coefficient (Wildman–Crippen LogP) is 6.36. The van der Waals surface area contributed by atoms with Gasteiger partial charge in [0.1, 0.15) is 5.58 Å². The molecule has 0 aliphatic rings. The maximum atomic E-state index is 12.5. The number of hydrogen-bond donors (Lipinski definition) is 1. The van der Waals surface area contributed by atoms with Crippen molar-refractivity contribution in [1.82, 2.24) is 14.8 Å². The summed E-state index contributed by atoms with van der Waals surface area (Å²) in [6.45, 7) is 2.68. The lowest BCUT2D eigenvalue weighted by molar-refractivity contribution is -0.113. The zero-order valence-electron chi connectivity index (χ0n) is 17.2. The van der Waals surface area contributed by atoms with Crippen molar-refractivity contribution in [2.24, 2.45) is 0 Å². The van der Waals surface area contributed by atoms with E-state index in [1.165, 1.54) is 11.8 Å². The van der Waals surface area contributed by atoms with Crippen LogP contribution >= 0.6 is 27.7 Å². The van der Waals surface area contributed by atoms with E-state index < -0.39 is 0 Å². The summed E-state index contributed by atoms with van der Waals surface area (Å²) >= 11 is 4.84. The molecule has 2 heterocycles. The van der Waals surface area contributed by atoms with Crippen LogP contribution in [0, 0.1) is 0 Å². The quantitative estimate of drug-likeness (QED) is 0.271. The normalized spacial score (nSPS) is 11.3. The van der Waals surface area contributed by atoms with Crippen molar-refractivity contribution in [1.29, 1.82) is 0 Å². The van der Waals surface area contributed by atoms with Crippen molar-refractivity contribution in [2.75, 3.05) is 11.1 Å². The number of hydrogen-bond acceptors (Lipinski definition) is 5. The van der Waals surface area contributed by atoms with Crippen molar-refractivity contribution in [3.8, 4) is 11.6 Å². The largest absolute Gasteiger partial charge is 0.453 e. The number of amides is 1. The second-order valence-corrected chi connectivity index (χ2v) is 9.10. The van der Waals surface area contributed by atoms with Crippen molar-refractivity contribution in [2.45, 2.75) is 18.6 Å². The fourth-order valence-electron chi connectivity index (χ4n) is 3.58. The molecular formula is C24H19BrN4O2S. The Morgan fingerprint density at radius 3 is 2.72 bits per heavy atom. The van der Waals surface area contributed by atoms with Gasteiger partial charge in [0.15, 0.2) is 10.9 Å². The number of carbonyl (C=O) groups excluding carboxylic acids is 1. The zero-order valence-corrected chi connectivity index (χ0v) is 19.6. The Labute approximate surface area is 197 Å². The minimum absolute atomic E-state index is 0.0916. The van der Waals surface area contributed by atoms with E-state index in [-0.39, 0.29) is 11.7 Å². The van der Waals surface area contributed by atoms with Crippen molar-refractivity contribution in [3.63, 3.8) is 0 Å². The SMILES string of the molecule is CCn1c(SCC(=O)Nc2ccc3ccccc3c2)nnc1-c1cc2cc(Br)ccc2o1. The van der Waals surface area contributed by atoms with E-state index in [9.17, 15) is 4.79 Å². The second-order valence-electron chi connectivity index (χ2n) is 7.24. The van der Waals surface area contributed by atoms with Gasteiger partial charge in [-0.3, -0.25) is 9.36 Å². The van der Waals surface area contributed by atoms with Crippen molar-refractivity contribution in [3.05, 3.63) is 71.2 Å². The van der Waals surface area contributed by atoms with Crippen molar-refractivity contribution < 1.29 is 9.21 Å². The van der Waals surface area contributed by atoms with E-state index in [0.29, 0.717) is 23.3 Å². The van der Waals surface area contributed by atoms with Gasteiger partial charge in [0.2, 0.25) is 11.7 Å². The standard InChI is InChI=1S/C24H19BrN4O2S/c1-2-29-23(21-13-17-11-18(25)8-10-20(17)31-21)27-28-24(29)32-14-22(30)26-19-9-7-15-5-3-4-6-16(15)12-19/h3-13H,2,14H2,1H3,(H,26,30). The minimum atomic E-state index is -0.0916. The van der Waals surface area contributed by atoms with Crippen molar-refractivity contribution >= 4 is 61.0 Å². The van der Waals surface area contributed by atoms with Crippen LogP contribution in [0.15, 0.2) is 80.8 Å². The van der Waals surface area contributed by atoms with Gasteiger partial charge < -0.3 is 9.73 Å². The first kappa shape index (κ1) is 20.8. The van der Waals surface area contributed by atoms with Gasteiger partial charge in [-0.25, -0.2) is 0 Å². The molecule has 160 valence electrons. The Morgan fingerprint density at radius 1 is 1.03 bits per heavy atom. The number of aromatic nitrogens is 3. The van der Waals surface area contributed by atoms with E-state index >= 15 is 0 Å². The minimum Gasteiger partial charge on any atom is -0.453 e. The highest BCUT2D eigenvalue weighted by Crippen LogP contribution is 2.31. The molecule has 1 N–H and O–H groups in total. The summed E-state index contributed by atoms with van der Waals surface area (Å²) in [5, 5.41) is 15.5. The third-order valence-corrected chi connectivity index (χ3v) is 6.56. The van der Waals surface area contributed by atoms with Gasteiger partial charge in [-0.05, 0) is 54.1 Å². The maximum absolute atomic E-state index is 12.5. The average Bonchev–Trinajstić information content (AvgIpc) is 3.40. The van der Waals surface area contributed by atoms with Gasteiger partial charge in [0.25, 0.3) is 0 Å². The number of fused-ring (bicyclic) bond motifs is 2. The number of nitrogens with one attached hydrogen (secondary N) is 1. The summed E-state index contributed by atoms with van der Waals surface area (Å²) in [7, 11) is 0. The summed E-state index contributed by atoms with van der Waals surface area (Å²) in [6.07, 6.45) is 0. The molecule has 8 heteroatoms. The molecule has 6 nitrogen and oxygen atoms in total. The molecule has 5 aromatic rings. The first-order valence-electron chi connectivity index (χ1n) is 10.1. The number of thioether (sulfide) groups is 1. The lowest BCUT2D eigenvalue weighted by Gasteiger charge is -2.08. The molecule has 0 bridgehead atoms. The third kappa shape index (κ3) is 4.16. The summed E-state index contributed by atoms with van der Waals surface area (Å²) in [5.41, 5.74) is 1.57. The summed E-state index contributed by atoms with van der Waals surface area (Å²) in [5.74, 6) is 1.45. The first-order chi connectivity index (χ1) is 15.6. The van der Waals surface area contributed by atoms with Crippen LogP contribution in [-0.2, 0) is 11.3 Å². The van der Waals surface area contributed by atoms with Gasteiger partial charge in [-0.1, -0.05) is 58.0 Å². The van der Waals surface area contributed by atoms with E-state index in [4.69, 9.17) is 4.42 Å². The summed E-state index contributed by atoms with van der Waals surface area (Å²) in [4.78, 5) is 12.5. The summed E-state index contributed by atoms with van der Waals surface area (Å²) < 4.78 is 8.92. The highest BCUT2D eigenvalue weighted by molar-refractivity contribution is 9.10. The van der Waals surface area contributed by atoms with Crippen LogP contribution in [-0.4, -0.2) is 26.4 Å². The highest BCUT2D eigenvalue weighted by atomic mass is 79.9. The van der Waals surface area contributed by atoms with Gasteiger partial charge in [0, 0.05) is 22.1 Å². The lowest BCUT2D eigenvalue weighted by Crippen LogP contribution is -2.14. The maximum Gasteiger partial charge on any atom is 0.234 e. The molecule has 3 aromatic carbocycles. The predicted molar refractivity (Wildman–Crippen MR) is 132 cm³/mol. The Morgan fingerprint density at radius 2 is 1.88 bits per heavy atom. The topological polar surface area (TPSA) is 73.0 Å². The van der Waals surface area contributed by atoms with Gasteiger partial charge in [-0.15, -0.1) is 10.2 Å². The molecular weight excluding hydrogens is 488 g/mol. The van der Waals surface area contributed by atoms with E-state index in [1.807, 2.05) is 78.2 Å². The monoisotopic (exact) mass is 506 g/mol. The Kier molecular flexibility index (Phi) is 5.71. The number of halogens is 1. The number of rotatable bonds is 6. The van der Waals surface area contributed by atoms with E-state index in [1.54, 1.807) is 0 Å². The number of anilines is 1. The molecule has 0 fully saturated rings. The van der Waals surface area contributed by atoms with E-state index in [2.05, 4.69) is 31.4 Å². The lowest BCUT2D eigenvalue weighted by atomic mass is 10.1. The molecule has 5 rings (SSSR count). The molecule has 0 unspecified atom stereocenters. The van der Waals surface area contributed by atoms with Crippen LogP contribution in [0.4, 0.5) is 5.69 Å². The van der Waals surface area contributed by atoms with Crippen LogP contribution in [0.3, 0.4) is 0 Å². The second kappa shape index (κ2) is 8.80. The van der Waals surface area contributed by atoms with Gasteiger partial charge >= 0.3 is 0 Å². The smallest absolute Gasteiger partial charge is 0.234 e. The number of furan rings is 1. The van der Waals surface area contributed by atoms with Crippen LogP contribution < -0.4 is 5.32 Å². The zero-order chi connectivity index (χ0) is 22.1. The highest BCUT2D eigenvalue weighted by Gasteiger charge is 2.18. The van der Waals surface area contributed by atoms with Crippen LogP contribution in [0.25, 0.3) is 33.3 Å².